The Kier molecular flexibility index (Phi) is 5.68. The van der Waals surface area contributed by atoms with Gasteiger partial charge in [0.1, 0.15) is 12.2 Å². The van der Waals surface area contributed by atoms with Crippen molar-refractivity contribution < 1.29 is 18.0 Å². The zero-order valence-electron chi connectivity index (χ0n) is 11.7. The van der Waals surface area contributed by atoms with E-state index >= 15 is 0 Å². The van der Waals surface area contributed by atoms with Crippen molar-refractivity contribution in [2.75, 3.05) is 13.1 Å². The van der Waals surface area contributed by atoms with Crippen LogP contribution in [0.5, 0.6) is 0 Å². The van der Waals surface area contributed by atoms with Crippen LogP contribution in [0.2, 0.25) is 0 Å². The first-order valence-electron chi connectivity index (χ1n) is 6.39. The van der Waals surface area contributed by atoms with E-state index in [2.05, 4.69) is 15.9 Å². The van der Waals surface area contributed by atoms with Crippen molar-refractivity contribution in [1.82, 2.24) is 9.47 Å². The Hall–Kier alpha value is -0.980. The molecule has 1 rings (SSSR count). The van der Waals surface area contributed by atoms with Gasteiger partial charge >= 0.3 is 6.18 Å². The van der Waals surface area contributed by atoms with Crippen molar-refractivity contribution in [3.63, 3.8) is 0 Å². The summed E-state index contributed by atoms with van der Waals surface area (Å²) < 4.78 is 40.0. The van der Waals surface area contributed by atoms with Crippen molar-refractivity contribution >= 4 is 21.8 Å². The number of amides is 1. The number of carbonyl (C=O) groups is 1. The quantitative estimate of drug-likeness (QED) is 0.775. The molecule has 0 N–H and O–H groups in total. The van der Waals surface area contributed by atoms with Crippen LogP contribution in [0.3, 0.4) is 0 Å². The number of alkyl halides is 3. The minimum Gasteiger partial charge on any atom is -0.340 e. The molecular formula is C13H18BrF3N2O. The van der Waals surface area contributed by atoms with Gasteiger partial charge in [0.15, 0.2) is 0 Å². The van der Waals surface area contributed by atoms with Crippen LogP contribution in [0, 0.1) is 0 Å². The lowest BCUT2D eigenvalue weighted by atomic mass is 10.3. The molecule has 0 aliphatic carbocycles. The molecule has 0 fully saturated rings. The van der Waals surface area contributed by atoms with Gasteiger partial charge in [-0.15, -0.1) is 0 Å². The molecule has 1 amide bonds. The van der Waals surface area contributed by atoms with Gasteiger partial charge < -0.3 is 9.47 Å². The average molecular weight is 355 g/mol. The van der Waals surface area contributed by atoms with E-state index in [4.69, 9.17) is 0 Å². The van der Waals surface area contributed by atoms with Crippen LogP contribution >= 0.6 is 15.9 Å². The van der Waals surface area contributed by atoms with Gasteiger partial charge in [-0.1, -0.05) is 6.92 Å². The molecule has 0 radical (unpaired) electrons. The smallest absolute Gasteiger partial charge is 0.340 e. The highest BCUT2D eigenvalue weighted by atomic mass is 79.9. The summed E-state index contributed by atoms with van der Waals surface area (Å²) in [6, 6.07) is 1.55. The summed E-state index contributed by atoms with van der Waals surface area (Å²) >= 11 is 3.26. The first kappa shape index (κ1) is 17.1. The lowest BCUT2D eigenvalue weighted by molar-refractivity contribution is -0.140. The first-order chi connectivity index (χ1) is 9.15. The standard InChI is InChI=1S/C13H18BrF3N2O/c1-4-5-18(8-13(15,16)17)12(20)11-6-10(14)7-19(11)9(2)3/h6-7,9H,4-5,8H2,1-3H3. The van der Waals surface area contributed by atoms with E-state index < -0.39 is 18.6 Å². The van der Waals surface area contributed by atoms with Gasteiger partial charge in [-0.3, -0.25) is 4.79 Å². The van der Waals surface area contributed by atoms with Gasteiger partial charge in [0, 0.05) is 23.3 Å². The fourth-order valence-electron chi connectivity index (χ4n) is 1.94. The Morgan fingerprint density at radius 2 is 2.05 bits per heavy atom. The van der Waals surface area contributed by atoms with Crippen LogP contribution in [0.4, 0.5) is 13.2 Å². The molecule has 0 unspecified atom stereocenters. The molecule has 7 heteroatoms. The normalized spacial score (nSPS) is 12.0. The predicted molar refractivity (Wildman–Crippen MR) is 74.8 cm³/mol. The number of nitrogens with zero attached hydrogens (tertiary/aromatic N) is 2. The van der Waals surface area contributed by atoms with Crippen molar-refractivity contribution in [2.24, 2.45) is 0 Å². The summed E-state index contributed by atoms with van der Waals surface area (Å²) in [5.41, 5.74) is 0.268. The largest absolute Gasteiger partial charge is 0.406 e. The summed E-state index contributed by atoms with van der Waals surface area (Å²) in [7, 11) is 0. The van der Waals surface area contributed by atoms with Crippen LogP contribution in [0.15, 0.2) is 16.7 Å². The third kappa shape index (κ3) is 4.54. The Labute approximate surface area is 124 Å². The number of carbonyl (C=O) groups excluding carboxylic acids is 1. The first-order valence-corrected chi connectivity index (χ1v) is 7.18. The van der Waals surface area contributed by atoms with Crippen molar-refractivity contribution in [2.45, 2.75) is 39.4 Å². The van der Waals surface area contributed by atoms with Crippen molar-refractivity contribution in [3.05, 3.63) is 22.4 Å². The molecule has 1 aromatic rings. The molecule has 1 aromatic heterocycles. The Balaban J connectivity index is 3.06. The lowest BCUT2D eigenvalue weighted by Crippen LogP contribution is -2.40. The number of hydrogen-bond acceptors (Lipinski definition) is 1. The van der Waals surface area contributed by atoms with Crippen molar-refractivity contribution in [3.8, 4) is 0 Å². The van der Waals surface area contributed by atoms with Crippen LogP contribution < -0.4 is 0 Å². The molecule has 0 aliphatic heterocycles. The third-order valence-corrected chi connectivity index (χ3v) is 3.18. The summed E-state index contributed by atoms with van der Waals surface area (Å²) in [6.07, 6.45) is -2.21. The fourth-order valence-corrected chi connectivity index (χ4v) is 2.38. The molecule has 1 heterocycles. The molecule has 0 atom stereocenters. The van der Waals surface area contributed by atoms with Gasteiger partial charge in [0.2, 0.25) is 0 Å². The fraction of sp³-hybridized carbons (Fsp3) is 0.615. The van der Waals surface area contributed by atoms with Crippen LogP contribution in [0.25, 0.3) is 0 Å². The highest BCUT2D eigenvalue weighted by Gasteiger charge is 2.34. The third-order valence-electron chi connectivity index (χ3n) is 2.74. The minimum absolute atomic E-state index is 0.00499. The monoisotopic (exact) mass is 354 g/mol. The Bertz CT molecular complexity index is 469. The summed E-state index contributed by atoms with van der Waals surface area (Å²) in [4.78, 5) is 13.2. The number of halogens is 4. The SMILES string of the molecule is CCCN(CC(F)(F)F)C(=O)c1cc(Br)cn1C(C)C. The second-order valence-corrected chi connectivity index (χ2v) is 5.80. The summed E-state index contributed by atoms with van der Waals surface area (Å²) in [5.74, 6) is -0.594. The van der Waals surface area contributed by atoms with E-state index in [0.29, 0.717) is 10.9 Å². The Morgan fingerprint density at radius 3 is 2.50 bits per heavy atom. The average Bonchev–Trinajstić information content (AvgIpc) is 2.68. The predicted octanol–water partition coefficient (Wildman–Crippen LogP) is 4.25. The van der Waals surface area contributed by atoms with Gasteiger partial charge in [-0.05, 0) is 42.3 Å². The molecule has 114 valence electrons. The van der Waals surface area contributed by atoms with Crippen LogP contribution in [-0.4, -0.2) is 34.6 Å². The second-order valence-electron chi connectivity index (χ2n) is 4.89. The molecule has 0 bridgehead atoms. The number of hydrogen-bond donors (Lipinski definition) is 0. The molecule has 0 spiro atoms. The maximum Gasteiger partial charge on any atom is 0.406 e. The summed E-state index contributed by atoms with van der Waals surface area (Å²) in [6.45, 7) is 4.35. The summed E-state index contributed by atoms with van der Waals surface area (Å²) in [5, 5.41) is 0. The maximum atomic E-state index is 12.6. The minimum atomic E-state index is -4.39. The highest BCUT2D eigenvalue weighted by Crippen LogP contribution is 2.23. The number of rotatable bonds is 5. The van der Waals surface area contributed by atoms with Gasteiger partial charge in [-0.25, -0.2) is 0 Å². The van der Waals surface area contributed by atoms with E-state index in [1.165, 1.54) is 0 Å². The van der Waals surface area contributed by atoms with Crippen molar-refractivity contribution in [1.29, 1.82) is 0 Å². The van der Waals surface area contributed by atoms with Gasteiger partial charge in [0.05, 0.1) is 0 Å². The van der Waals surface area contributed by atoms with E-state index in [-0.39, 0.29) is 18.3 Å². The van der Waals surface area contributed by atoms with Crippen LogP contribution in [0.1, 0.15) is 43.7 Å². The highest BCUT2D eigenvalue weighted by molar-refractivity contribution is 9.10. The molecule has 0 saturated carbocycles. The van der Waals surface area contributed by atoms with E-state index in [9.17, 15) is 18.0 Å². The van der Waals surface area contributed by atoms with Crippen LogP contribution in [-0.2, 0) is 0 Å². The van der Waals surface area contributed by atoms with E-state index in [1.807, 2.05) is 13.8 Å². The molecule has 0 aliphatic rings. The maximum absolute atomic E-state index is 12.6. The van der Waals surface area contributed by atoms with Gasteiger partial charge in [0.25, 0.3) is 5.91 Å². The molecule has 20 heavy (non-hydrogen) atoms. The van der Waals surface area contributed by atoms with Gasteiger partial charge in [-0.2, -0.15) is 13.2 Å². The van der Waals surface area contributed by atoms with E-state index in [1.54, 1.807) is 23.8 Å². The zero-order chi connectivity index (χ0) is 15.5. The number of aromatic nitrogens is 1. The second kappa shape index (κ2) is 6.65. The molecule has 0 aromatic carbocycles. The topological polar surface area (TPSA) is 25.2 Å². The molecule has 0 saturated heterocycles. The Morgan fingerprint density at radius 1 is 1.45 bits per heavy atom. The molecular weight excluding hydrogens is 337 g/mol. The molecule has 3 nitrogen and oxygen atoms in total. The van der Waals surface area contributed by atoms with E-state index in [0.717, 1.165) is 4.90 Å². The zero-order valence-corrected chi connectivity index (χ0v) is 13.3. The lowest BCUT2D eigenvalue weighted by Gasteiger charge is -2.24.